The van der Waals surface area contributed by atoms with Crippen molar-refractivity contribution in [2.45, 2.75) is 17.4 Å². The third-order valence-electron chi connectivity index (χ3n) is 2.87. The summed E-state index contributed by atoms with van der Waals surface area (Å²) in [5.74, 6) is 2.25. The summed E-state index contributed by atoms with van der Waals surface area (Å²) in [7, 11) is -2.11. The predicted molar refractivity (Wildman–Crippen MR) is 76.5 cm³/mol. The van der Waals surface area contributed by atoms with Crippen molar-refractivity contribution in [2.75, 3.05) is 29.6 Å². The van der Waals surface area contributed by atoms with Crippen LogP contribution in [-0.4, -0.2) is 33.0 Å². The van der Waals surface area contributed by atoms with Crippen molar-refractivity contribution in [1.29, 1.82) is 0 Å². The smallest absolute Gasteiger partial charge is 0.242 e. The van der Waals surface area contributed by atoms with Crippen LogP contribution in [0, 0.1) is 0 Å². The minimum atomic E-state index is -3.48. The highest BCUT2D eigenvalue weighted by molar-refractivity contribution is 7.99. The first-order chi connectivity index (χ1) is 8.53. The van der Waals surface area contributed by atoms with Crippen LogP contribution in [0.1, 0.15) is 6.42 Å². The fourth-order valence-corrected chi connectivity index (χ4v) is 3.87. The van der Waals surface area contributed by atoms with E-state index in [0.29, 0.717) is 6.04 Å². The molecule has 5 nitrogen and oxygen atoms in total. The second kappa shape index (κ2) is 5.38. The van der Waals surface area contributed by atoms with E-state index in [1.807, 2.05) is 11.8 Å². The van der Waals surface area contributed by atoms with Crippen molar-refractivity contribution in [3.05, 3.63) is 18.2 Å². The Labute approximate surface area is 112 Å². The molecule has 2 rings (SSSR count). The van der Waals surface area contributed by atoms with E-state index in [-0.39, 0.29) is 10.6 Å². The standard InChI is InChI=1S/C11H17N3O2S2/c1-13-18(15,16)11-3-2-8(6-10(11)12)14-9-4-5-17-7-9/h2-3,6,9,13-14H,4-5,7,12H2,1H3. The molecule has 7 heteroatoms. The zero-order valence-corrected chi connectivity index (χ0v) is 11.8. The topological polar surface area (TPSA) is 84.2 Å². The summed E-state index contributed by atoms with van der Waals surface area (Å²) in [6.45, 7) is 0. The maximum absolute atomic E-state index is 11.7. The maximum Gasteiger partial charge on any atom is 0.242 e. The third-order valence-corrected chi connectivity index (χ3v) is 5.52. The molecule has 1 aromatic carbocycles. The Morgan fingerprint density at radius 3 is 2.78 bits per heavy atom. The lowest BCUT2D eigenvalue weighted by Gasteiger charge is -2.14. The fraction of sp³-hybridized carbons (Fsp3) is 0.455. The summed E-state index contributed by atoms with van der Waals surface area (Å²) >= 11 is 1.92. The molecule has 0 bridgehead atoms. The number of benzene rings is 1. The highest BCUT2D eigenvalue weighted by atomic mass is 32.2. The lowest BCUT2D eigenvalue weighted by atomic mass is 10.2. The number of hydrogen-bond donors (Lipinski definition) is 3. The first kappa shape index (κ1) is 13.5. The minimum absolute atomic E-state index is 0.122. The first-order valence-electron chi connectivity index (χ1n) is 5.70. The van der Waals surface area contributed by atoms with Crippen LogP contribution in [0.25, 0.3) is 0 Å². The van der Waals surface area contributed by atoms with Gasteiger partial charge in [-0.25, -0.2) is 13.1 Å². The molecule has 0 radical (unpaired) electrons. The van der Waals surface area contributed by atoms with E-state index < -0.39 is 10.0 Å². The van der Waals surface area contributed by atoms with Gasteiger partial charge in [-0.15, -0.1) is 0 Å². The number of nitrogens with one attached hydrogen (secondary N) is 2. The highest BCUT2D eigenvalue weighted by Gasteiger charge is 2.18. The number of sulfonamides is 1. The van der Waals surface area contributed by atoms with Crippen LogP contribution < -0.4 is 15.8 Å². The van der Waals surface area contributed by atoms with Gasteiger partial charge >= 0.3 is 0 Å². The minimum Gasteiger partial charge on any atom is -0.398 e. The van der Waals surface area contributed by atoms with Crippen molar-refractivity contribution >= 4 is 33.2 Å². The zero-order chi connectivity index (χ0) is 13.2. The summed E-state index contributed by atoms with van der Waals surface area (Å²) in [5, 5.41) is 3.36. The Hall–Kier alpha value is -0.920. The largest absolute Gasteiger partial charge is 0.398 e. The number of rotatable bonds is 4. The van der Waals surface area contributed by atoms with Gasteiger partial charge in [-0.3, -0.25) is 0 Å². The molecule has 0 aromatic heterocycles. The molecule has 1 atom stereocenters. The van der Waals surface area contributed by atoms with Crippen molar-refractivity contribution < 1.29 is 8.42 Å². The summed E-state index contributed by atoms with van der Waals surface area (Å²) in [4.78, 5) is 0.122. The molecule has 0 amide bonds. The van der Waals surface area contributed by atoms with E-state index in [9.17, 15) is 8.42 Å². The first-order valence-corrected chi connectivity index (χ1v) is 8.34. The zero-order valence-electron chi connectivity index (χ0n) is 10.1. The molecule has 18 heavy (non-hydrogen) atoms. The molecular formula is C11H17N3O2S2. The SMILES string of the molecule is CNS(=O)(=O)c1ccc(NC2CCSC2)cc1N. The molecule has 4 N–H and O–H groups in total. The van der Waals surface area contributed by atoms with Crippen molar-refractivity contribution in [3.63, 3.8) is 0 Å². The summed E-state index contributed by atoms with van der Waals surface area (Å²) in [6.07, 6.45) is 1.13. The number of thioether (sulfide) groups is 1. The third kappa shape index (κ3) is 2.90. The van der Waals surface area contributed by atoms with Crippen molar-refractivity contribution in [1.82, 2.24) is 4.72 Å². The second-order valence-corrected chi connectivity index (χ2v) is 7.17. The molecule has 0 aliphatic carbocycles. The normalized spacial score (nSPS) is 19.9. The Morgan fingerprint density at radius 2 is 2.22 bits per heavy atom. The Morgan fingerprint density at radius 1 is 1.44 bits per heavy atom. The molecule has 1 heterocycles. The number of nitrogens with two attached hydrogens (primary N) is 1. The van der Waals surface area contributed by atoms with E-state index >= 15 is 0 Å². The van der Waals surface area contributed by atoms with Gasteiger partial charge in [0.05, 0.1) is 5.69 Å². The summed E-state index contributed by atoms with van der Waals surface area (Å²) in [5.41, 5.74) is 6.93. The van der Waals surface area contributed by atoms with E-state index in [0.717, 1.165) is 17.9 Å². The Bertz CT molecular complexity index is 525. The van der Waals surface area contributed by atoms with Gasteiger partial charge in [0, 0.05) is 17.5 Å². The quantitative estimate of drug-likeness (QED) is 0.722. The van der Waals surface area contributed by atoms with Gasteiger partial charge in [0.2, 0.25) is 10.0 Å². The van der Waals surface area contributed by atoms with E-state index in [1.165, 1.54) is 18.9 Å². The van der Waals surface area contributed by atoms with Crippen molar-refractivity contribution in [3.8, 4) is 0 Å². The van der Waals surface area contributed by atoms with Gasteiger partial charge in [-0.2, -0.15) is 11.8 Å². The molecule has 0 saturated carbocycles. The van der Waals surface area contributed by atoms with Crippen molar-refractivity contribution in [2.24, 2.45) is 0 Å². The van der Waals surface area contributed by atoms with Crippen LogP contribution in [0.4, 0.5) is 11.4 Å². The van der Waals surface area contributed by atoms with Gasteiger partial charge in [-0.1, -0.05) is 0 Å². The maximum atomic E-state index is 11.7. The lowest BCUT2D eigenvalue weighted by molar-refractivity contribution is 0.588. The summed E-state index contributed by atoms with van der Waals surface area (Å²) in [6, 6.07) is 5.41. The summed E-state index contributed by atoms with van der Waals surface area (Å²) < 4.78 is 25.6. The highest BCUT2D eigenvalue weighted by Crippen LogP contribution is 2.25. The van der Waals surface area contributed by atoms with E-state index in [4.69, 9.17) is 5.73 Å². The predicted octanol–water partition coefficient (Wildman–Crippen LogP) is 1.09. The van der Waals surface area contributed by atoms with Crippen LogP contribution in [0.2, 0.25) is 0 Å². The molecular weight excluding hydrogens is 270 g/mol. The number of nitrogen functional groups attached to an aromatic ring is 1. The lowest BCUT2D eigenvalue weighted by Crippen LogP contribution is -2.21. The van der Waals surface area contributed by atoms with Crippen LogP contribution in [0.3, 0.4) is 0 Å². The van der Waals surface area contributed by atoms with E-state index in [2.05, 4.69) is 10.0 Å². The van der Waals surface area contributed by atoms with Gasteiger partial charge in [0.15, 0.2) is 0 Å². The van der Waals surface area contributed by atoms with Crippen LogP contribution in [0.15, 0.2) is 23.1 Å². The molecule has 1 aliphatic heterocycles. The number of hydrogen-bond acceptors (Lipinski definition) is 5. The fourth-order valence-electron chi connectivity index (χ4n) is 1.88. The molecule has 1 aliphatic rings. The average molecular weight is 287 g/mol. The Balaban J connectivity index is 2.19. The molecule has 1 unspecified atom stereocenters. The molecule has 1 fully saturated rings. The molecule has 1 saturated heterocycles. The van der Waals surface area contributed by atoms with Gasteiger partial charge in [0.25, 0.3) is 0 Å². The molecule has 100 valence electrons. The van der Waals surface area contributed by atoms with Crippen LogP contribution in [0.5, 0.6) is 0 Å². The monoisotopic (exact) mass is 287 g/mol. The molecule has 0 spiro atoms. The van der Waals surface area contributed by atoms with Gasteiger partial charge < -0.3 is 11.1 Å². The van der Waals surface area contributed by atoms with E-state index in [1.54, 1.807) is 12.1 Å². The Kier molecular flexibility index (Phi) is 4.04. The van der Waals surface area contributed by atoms with Gasteiger partial charge in [-0.05, 0) is 37.4 Å². The van der Waals surface area contributed by atoms with Crippen LogP contribution >= 0.6 is 11.8 Å². The van der Waals surface area contributed by atoms with Crippen LogP contribution in [-0.2, 0) is 10.0 Å². The average Bonchev–Trinajstić information content (AvgIpc) is 2.81. The van der Waals surface area contributed by atoms with Gasteiger partial charge in [0.1, 0.15) is 4.90 Å². The second-order valence-electron chi connectivity index (χ2n) is 4.17. The molecule has 1 aromatic rings. The number of anilines is 2.